The standard InChI is InChI=1S/CH2O3.Fe.Sr.2H/c2-1(3)4;;;;/h(H2,2,3,4);;;;. The summed E-state index contributed by atoms with van der Waals surface area (Å²) in [5.74, 6) is 0. The van der Waals surface area contributed by atoms with Crippen LogP contribution in [0.25, 0.3) is 0 Å². The van der Waals surface area contributed by atoms with Crippen LogP contribution in [0.2, 0.25) is 0 Å². The van der Waals surface area contributed by atoms with E-state index in [1.54, 1.807) is 0 Å². The topological polar surface area (TPSA) is 57.5 Å². The molecule has 6 heavy (non-hydrogen) atoms. The van der Waals surface area contributed by atoms with Gasteiger partial charge in [0.15, 0.2) is 0 Å². The zero-order valence-corrected chi connectivity index (χ0v) is 3.26. The van der Waals surface area contributed by atoms with Crippen molar-refractivity contribution in [3.05, 3.63) is 0 Å². The molecule has 0 unspecified atom stereocenters. The van der Waals surface area contributed by atoms with Crippen LogP contribution >= 0.6 is 0 Å². The van der Waals surface area contributed by atoms with Crippen molar-refractivity contribution < 1.29 is 32.1 Å². The van der Waals surface area contributed by atoms with Crippen LogP contribution in [0.3, 0.4) is 0 Å². The van der Waals surface area contributed by atoms with Crippen LogP contribution in [0.5, 0.6) is 0 Å². The van der Waals surface area contributed by atoms with E-state index in [9.17, 15) is 0 Å². The summed E-state index contributed by atoms with van der Waals surface area (Å²) in [6, 6.07) is 0. The second-order valence-corrected chi connectivity index (χ2v) is 0.283. The molecule has 0 aliphatic heterocycles. The number of hydrogen-bond donors (Lipinski definition) is 2. The van der Waals surface area contributed by atoms with E-state index in [-0.39, 0.29) is 62.6 Å². The molecule has 0 bridgehead atoms. The molecule has 0 aromatic carbocycles. The SMILES string of the molecule is O=C(O)O.[Fe].[SrH2]. The summed E-state index contributed by atoms with van der Waals surface area (Å²) in [6.45, 7) is 0. The van der Waals surface area contributed by atoms with E-state index >= 15 is 0 Å². The summed E-state index contributed by atoms with van der Waals surface area (Å²) >= 11 is 0. The monoisotopic (exact) mass is 208 g/mol. The molecule has 36 valence electrons. The maximum absolute atomic E-state index is 8.56. The van der Waals surface area contributed by atoms with Gasteiger partial charge >= 0.3 is 51.6 Å². The van der Waals surface area contributed by atoms with Gasteiger partial charge in [0.25, 0.3) is 0 Å². The van der Waals surface area contributed by atoms with Crippen LogP contribution in [0.15, 0.2) is 0 Å². The first kappa shape index (κ1) is 15.7. The van der Waals surface area contributed by atoms with Gasteiger partial charge in [-0.1, -0.05) is 0 Å². The van der Waals surface area contributed by atoms with Gasteiger partial charge in [-0.3, -0.25) is 0 Å². The molecule has 0 atom stereocenters. The van der Waals surface area contributed by atoms with Crippen molar-refractivity contribution in [3.8, 4) is 0 Å². The summed E-state index contributed by atoms with van der Waals surface area (Å²) in [5, 5.41) is 13.9. The second-order valence-electron chi connectivity index (χ2n) is 0.283. The van der Waals surface area contributed by atoms with Crippen LogP contribution < -0.4 is 0 Å². The number of carboxylic acid groups (broad SMARTS) is 2. The summed E-state index contributed by atoms with van der Waals surface area (Å²) < 4.78 is 0. The predicted molar refractivity (Wildman–Crippen MR) is 19.2 cm³/mol. The molecule has 3 nitrogen and oxygen atoms in total. The minimum absolute atomic E-state index is 0. The van der Waals surface area contributed by atoms with E-state index in [1.807, 2.05) is 0 Å². The Labute approximate surface area is 82.5 Å². The normalized spacial score (nSPS) is 4.00. The molecule has 0 aliphatic carbocycles. The Morgan fingerprint density at radius 2 is 1.33 bits per heavy atom. The first-order chi connectivity index (χ1) is 1.73. The van der Waals surface area contributed by atoms with Crippen LogP contribution in [-0.4, -0.2) is 61.9 Å². The summed E-state index contributed by atoms with van der Waals surface area (Å²) in [4.78, 5) is 8.56. The molecule has 0 aliphatic rings. The molecule has 2 N–H and O–H groups in total. The summed E-state index contributed by atoms with van der Waals surface area (Å²) in [7, 11) is 0. The van der Waals surface area contributed by atoms with Crippen LogP contribution in [-0.2, 0) is 17.1 Å². The van der Waals surface area contributed by atoms with E-state index < -0.39 is 6.16 Å². The van der Waals surface area contributed by atoms with Gasteiger partial charge in [0, 0.05) is 17.1 Å². The van der Waals surface area contributed by atoms with E-state index in [0.717, 1.165) is 0 Å². The summed E-state index contributed by atoms with van der Waals surface area (Å²) in [5.41, 5.74) is 0. The Kier molecular flexibility index (Phi) is 25.0. The van der Waals surface area contributed by atoms with Crippen molar-refractivity contribution in [2.24, 2.45) is 0 Å². The molecule has 0 aromatic heterocycles. The van der Waals surface area contributed by atoms with Gasteiger partial charge in [-0.2, -0.15) is 0 Å². The van der Waals surface area contributed by atoms with E-state index in [1.165, 1.54) is 0 Å². The fourth-order valence-corrected chi connectivity index (χ4v) is 0. The van der Waals surface area contributed by atoms with E-state index in [0.29, 0.717) is 0 Å². The number of carbonyl (C=O) groups is 1. The minimum atomic E-state index is -1.83. The Morgan fingerprint density at radius 1 is 1.33 bits per heavy atom. The van der Waals surface area contributed by atoms with Crippen LogP contribution in [0.4, 0.5) is 4.79 Å². The van der Waals surface area contributed by atoms with Crippen molar-refractivity contribution in [3.63, 3.8) is 0 Å². The van der Waals surface area contributed by atoms with Crippen LogP contribution in [0.1, 0.15) is 0 Å². The molecule has 0 radical (unpaired) electrons. The van der Waals surface area contributed by atoms with Crippen molar-refractivity contribution in [1.29, 1.82) is 0 Å². The Hall–Kier alpha value is 1.27. The summed E-state index contributed by atoms with van der Waals surface area (Å²) in [6.07, 6.45) is -1.83. The third-order valence-electron chi connectivity index (χ3n) is 0. The molecule has 0 saturated heterocycles. The predicted octanol–water partition coefficient (Wildman–Crippen LogP) is -0.696. The zero-order chi connectivity index (χ0) is 3.58. The Balaban J connectivity index is -0.0000000450. The Morgan fingerprint density at radius 3 is 1.33 bits per heavy atom. The zero-order valence-electron chi connectivity index (χ0n) is 2.16. The van der Waals surface area contributed by atoms with E-state index in [4.69, 9.17) is 15.0 Å². The van der Waals surface area contributed by atoms with Gasteiger partial charge in [-0.15, -0.1) is 0 Å². The van der Waals surface area contributed by atoms with Crippen molar-refractivity contribution in [2.75, 3.05) is 0 Å². The van der Waals surface area contributed by atoms with Gasteiger partial charge in [-0.25, -0.2) is 4.79 Å². The molecule has 0 aromatic rings. The molecule has 0 heterocycles. The molecule has 0 rings (SSSR count). The Bertz CT molecular complexity index is 33.8. The van der Waals surface area contributed by atoms with Gasteiger partial charge < -0.3 is 10.2 Å². The fraction of sp³-hybridized carbons (Fsp3) is 0. The van der Waals surface area contributed by atoms with Crippen LogP contribution in [0, 0.1) is 0 Å². The third-order valence-corrected chi connectivity index (χ3v) is 0. The number of hydrogen-bond acceptors (Lipinski definition) is 1. The maximum atomic E-state index is 8.56. The fourth-order valence-electron chi connectivity index (χ4n) is 0. The van der Waals surface area contributed by atoms with Gasteiger partial charge in [0.05, 0.1) is 0 Å². The molecule has 0 spiro atoms. The van der Waals surface area contributed by atoms with Crippen molar-refractivity contribution in [1.82, 2.24) is 0 Å². The third kappa shape index (κ3) is 59.6. The first-order valence-corrected chi connectivity index (χ1v) is 0.651. The average Bonchev–Trinajstić information content (AvgIpc) is 0.811. The molecule has 0 amide bonds. The molecule has 0 saturated carbocycles. The molecule has 0 fully saturated rings. The van der Waals surface area contributed by atoms with Crippen molar-refractivity contribution >= 4 is 51.6 Å². The van der Waals surface area contributed by atoms with Gasteiger partial charge in [0.2, 0.25) is 0 Å². The molecular formula is CH4FeO3Sr. The van der Waals surface area contributed by atoms with E-state index in [2.05, 4.69) is 0 Å². The molecule has 5 heteroatoms. The quantitative estimate of drug-likeness (QED) is 0.517. The number of rotatable bonds is 0. The molecular weight excluding hydrogens is 203 g/mol. The average molecular weight is 208 g/mol. The van der Waals surface area contributed by atoms with Gasteiger partial charge in [-0.05, 0) is 0 Å². The van der Waals surface area contributed by atoms with Crippen molar-refractivity contribution in [2.45, 2.75) is 0 Å². The second kappa shape index (κ2) is 9.55. The van der Waals surface area contributed by atoms with Gasteiger partial charge in [0.1, 0.15) is 0 Å². The first-order valence-electron chi connectivity index (χ1n) is 0.651.